The van der Waals surface area contributed by atoms with Crippen LogP contribution in [0.2, 0.25) is 0 Å². The number of hydrogen-bond acceptors (Lipinski definition) is 3. The number of amides is 2. The van der Waals surface area contributed by atoms with Gasteiger partial charge in [0.05, 0.1) is 5.52 Å². The molecular weight excluding hydrogens is 399 g/mol. The first-order valence-corrected chi connectivity index (χ1v) is 9.34. The lowest BCUT2D eigenvalue weighted by atomic mass is 10.0. The van der Waals surface area contributed by atoms with Crippen LogP contribution in [0.25, 0.3) is 22.2 Å². The topological polar surface area (TPSA) is 94.2 Å². The number of rotatable bonds is 5. The van der Waals surface area contributed by atoms with Gasteiger partial charge in [-0.1, -0.05) is 0 Å². The third kappa shape index (κ3) is 3.76. The minimum Gasteiger partial charge on any atom is -0.389 e. The SMILES string of the molecule is O=C(CCc1c(-c2ccc(F)cc2)[nH]c2c(F)cc(F)cc12)N[C@H]1C(=O)NC[C@@H]1O. The Morgan fingerprint density at radius 1 is 1.13 bits per heavy atom. The van der Waals surface area contributed by atoms with Gasteiger partial charge >= 0.3 is 0 Å². The van der Waals surface area contributed by atoms with Gasteiger partial charge in [0, 0.05) is 30.1 Å². The van der Waals surface area contributed by atoms with Crippen LogP contribution in [-0.2, 0) is 16.0 Å². The third-order valence-corrected chi connectivity index (χ3v) is 5.14. The average molecular weight is 417 g/mol. The number of aryl methyl sites for hydroxylation is 1. The number of hydrogen-bond donors (Lipinski definition) is 4. The molecule has 30 heavy (non-hydrogen) atoms. The first kappa shape index (κ1) is 20.0. The highest BCUT2D eigenvalue weighted by Crippen LogP contribution is 2.33. The van der Waals surface area contributed by atoms with E-state index in [0.29, 0.717) is 16.8 Å². The second-order valence-corrected chi connectivity index (χ2v) is 7.15. The molecule has 0 unspecified atom stereocenters. The summed E-state index contributed by atoms with van der Waals surface area (Å²) in [7, 11) is 0. The number of carbonyl (C=O) groups excluding carboxylic acids is 2. The van der Waals surface area contributed by atoms with E-state index in [1.54, 1.807) is 0 Å². The average Bonchev–Trinajstić information content (AvgIpc) is 3.22. The Labute approximate surface area is 169 Å². The van der Waals surface area contributed by atoms with E-state index in [1.807, 2.05) is 0 Å². The van der Waals surface area contributed by atoms with Crippen molar-refractivity contribution in [3.63, 3.8) is 0 Å². The molecule has 1 aliphatic rings. The summed E-state index contributed by atoms with van der Waals surface area (Å²) >= 11 is 0. The van der Waals surface area contributed by atoms with Crippen molar-refractivity contribution in [1.29, 1.82) is 0 Å². The van der Waals surface area contributed by atoms with Gasteiger partial charge in [-0.25, -0.2) is 13.2 Å². The molecule has 1 saturated heterocycles. The third-order valence-electron chi connectivity index (χ3n) is 5.14. The Morgan fingerprint density at radius 3 is 2.53 bits per heavy atom. The highest BCUT2D eigenvalue weighted by atomic mass is 19.1. The summed E-state index contributed by atoms with van der Waals surface area (Å²) in [5, 5.41) is 15.0. The van der Waals surface area contributed by atoms with Crippen molar-refractivity contribution in [1.82, 2.24) is 15.6 Å². The molecular formula is C21H18F3N3O3. The molecule has 6 nitrogen and oxygen atoms in total. The second-order valence-electron chi connectivity index (χ2n) is 7.15. The van der Waals surface area contributed by atoms with Crippen LogP contribution in [0, 0.1) is 17.5 Å². The number of fused-ring (bicyclic) bond motifs is 1. The van der Waals surface area contributed by atoms with E-state index in [9.17, 15) is 27.9 Å². The standard InChI is InChI=1S/C21H18F3N3O3/c22-11-3-1-10(2-4-11)18-13(14-7-12(23)8-15(24)19(14)27-18)5-6-17(29)26-20-16(28)9-25-21(20)30/h1-4,7-8,16,20,27-28H,5-6,9H2,(H,25,30)(H,26,29)/t16-,20+/m0/s1. The zero-order valence-corrected chi connectivity index (χ0v) is 15.6. The molecule has 0 radical (unpaired) electrons. The van der Waals surface area contributed by atoms with Gasteiger partial charge in [0.25, 0.3) is 0 Å². The minimum atomic E-state index is -1.04. The number of aromatic amines is 1. The Hall–Kier alpha value is -3.33. The van der Waals surface area contributed by atoms with Crippen LogP contribution < -0.4 is 10.6 Å². The highest BCUT2D eigenvalue weighted by molar-refractivity contribution is 5.93. The predicted molar refractivity (Wildman–Crippen MR) is 103 cm³/mol. The van der Waals surface area contributed by atoms with Crippen molar-refractivity contribution in [2.24, 2.45) is 0 Å². The Bertz CT molecular complexity index is 1130. The van der Waals surface area contributed by atoms with Crippen LogP contribution in [0.15, 0.2) is 36.4 Å². The van der Waals surface area contributed by atoms with Gasteiger partial charge in [0.2, 0.25) is 11.8 Å². The lowest BCUT2D eigenvalue weighted by molar-refractivity contribution is -0.128. The van der Waals surface area contributed by atoms with E-state index in [1.165, 1.54) is 30.3 Å². The maximum Gasteiger partial charge on any atom is 0.245 e. The number of nitrogens with one attached hydrogen (secondary N) is 3. The molecule has 0 spiro atoms. The fourth-order valence-electron chi connectivity index (χ4n) is 3.65. The number of carbonyl (C=O) groups is 2. The zero-order chi connectivity index (χ0) is 21.4. The van der Waals surface area contributed by atoms with E-state index in [4.69, 9.17) is 0 Å². The number of H-pyrrole nitrogens is 1. The van der Waals surface area contributed by atoms with Crippen LogP contribution in [0.4, 0.5) is 13.2 Å². The molecule has 1 aromatic heterocycles. The van der Waals surface area contributed by atoms with E-state index in [-0.39, 0.29) is 30.3 Å². The molecule has 1 fully saturated rings. The molecule has 4 N–H and O–H groups in total. The summed E-state index contributed by atoms with van der Waals surface area (Å²) in [5.41, 5.74) is 1.56. The normalized spacial score (nSPS) is 18.6. The quantitative estimate of drug-likeness (QED) is 0.513. The summed E-state index contributed by atoms with van der Waals surface area (Å²) < 4.78 is 41.4. The minimum absolute atomic E-state index is 0.0551. The van der Waals surface area contributed by atoms with Crippen molar-refractivity contribution in [3.05, 3.63) is 59.4 Å². The maximum absolute atomic E-state index is 14.3. The van der Waals surface area contributed by atoms with Crippen molar-refractivity contribution in [2.45, 2.75) is 25.0 Å². The lowest BCUT2D eigenvalue weighted by Gasteiger charge is -2.13. The van der Waals surface area contributed by atoms with Crippen molar-refractivity contribution in [3.8, 4) is 11.3 Å². The van der Waals surface area contributed by atoms with Crippen LogP contribution in [0.5, 0.6) is 0 Å². The van der Waals surface area contributed by atoms with Crippen LogP contribution in [0.3, 0.4) is 0 Å². The van der Waals surface area contributed by atoms with Gasteiger partial charge in [-0.15, -0.1) is 0 Å². The zero-order valence-electron chi connectivity index (χ0n) is 15.6. The molecule has 3 aromatic rings. The van der Waals surface area contributed by atoms with Crippen LogP contribution in [-0.4, -0.2) is 40.6 Å². The highest BCUT2D eigenvalue weighted by Gasteiger charge is 2.34. The molecule has 1 aliphatic heterocycles. The Morgan fingerprint density at radius 2 is 1.87 bits per heavy atom. The van der Waals surface area contributed by atoms with Crippen LogP contribution >= 0.6 is 0 Å². The van der Waals surface area contributed by atoms with Gasteiger partial charge in [0.15, 0.2) is 0 Å². The predicted octanol–water partition coefficient (Wildman–Crippen LogP) is 2.16. The molecule has 2 heterocycles. The van der Waals surface area contributed by atoms with Crippen molar-refractivity contribution < 1.29 is 27.9 Å². The fraction of sp³-hybridized carbons (Fsp3) is 0.238. The molecule has 2 aromatic carbocycles. The molecule has 4 rings (SSSR count). The van der Waals surface area contributed by atoms with E-state index < -0.39 is 41.4 Å². The molecule has 0 aliphatic carbocycles. The van der Waals surface area contributed by atoms with Gasteiger partial charge in [0.1, 0.15) is 29.6 Å². The number of benzene rings is 2. The van der Waals surface area contributed by atoms with E-state index >= 15 is 0 Å². The fourth-order valence-corrected chi connectivity index (χ4v) is 3.65. The molecule has 9 heteroatoms. The summed E-state index contributed by atoms with van der Waals surface area (Å²) in [6, 6.07) is 6.37. The summed E-state index contributed by atoms with van der Waals surface area (Å²) in [4.78, 5) is 26.9. The molecule has 156 valence electrons. The monoisotopic (exact) mass is 417 g/mol. The second kappa shape index (κ2) is 7.83. The number of aliphatic hydroxyl groups excluding tert-OH is 1. The van der Waals surface area contributed by atoms with Gasteiger partial charge < -0.3 is 20.7 Å². The van der Waals surface area contributed by atoms with Crippen molar-refractivity contribution in [2.75, 3.05) is 6.54 Å². The Balaban J connectivity index is 1.64. The maximum atomic E-state index is 14.3. The molecule has 2 amide bonds. The number of halogens is 3. The van der Waals surface area contributed by atoms with Gasteiger partial charge in [-0.2, -0.15) is 0 Å². The summed E-state index contributed by atoms with van der Waals surface area (Å²) in [5.74, 6) is -2.95. The molecule has 2 atom stereocenters. The molecule has 0 bridgehead atoms. The van der Waals surface area contributed by atoms with E-state index in [0.717, 1.165) is 6.07 Å². The van der Waals surface area contributed by atoms with Crippen LogP contribution in [0.1, 0.15) is 12.0 Å². The first-order valence-electron chi connectivity index (χ1n) is 9.34. The summed E-state index contributed by atoms with van der Waals surface area (Å²) in [6.45, 7) is 0.0551. The Kier molecular flexibility index (Phi) is 5.21. The van der Waals surface area contributed by atoms with E-state index in [2.05, 4.69) is 15.6 Å². The molecule has 0 saturated carbocycles. The number of aliphatic hydroxyl groups is 1. The number of β-amino-alcohol motifs (C(OH)–C–C–N with tert-alkyl or cyclic N) is 1. The first-order chi connectivity index (χ1) is 14.3. The van der Waals surface area contributed by atoms with Gasteiger partial charge in [-0.05, 0) is 47.9 Å². The number of aromatic nitrogens is 1. The lowest BCUT2D eigenvalue weighted by Crippen LogP contribution is -2.45. The summed E-state index contributed by atoms with van der Waals surface area (Å²) in [6.07, 6.45) is -1.01. The smallest absolute Gasteiger partial charge is 0.245 e. The van der Waals surface area contributed by atoms with Gasteiger partial charge in [-0.3, -0.25) is 9.59 Å². The largest absolute Gasteiger partial charge is 0.389 e. The van der Waals surface area contributed by atoms with Crippen molar-refractivity contribution >= 4 is 22.7 Å².